The van der Waals surface area contributed by atoms with Crippen molar-refractivity contribution in [1.82, 2.24) is 5.32 Å². The van der Waals surface area contributed by atoms with Gasteiger partial charge in [0.2, 0.25) is 10.0 Å². The van der Waals surface area contributed by atoms with E-state index in [1.54, 1.807) is 18.2 Å². The van der Waals surface area contributed by atoms with Crippen LogP contribution in [0.2, 0.25) is 0 Å². The molecule has 0 aliphatic heterocycles. The van der Waals surface area contributed by atoms with Gasteiger partial charge in [-0.15, -0.1) is 0 Å². The van der Waals surface area contributed by atoms with Crippen molar-refractivity contribution in [1.29, 1.82) is 0 Å². The highest BCUT2D eigenvalue weighted by atomic mass is 32.2. The first kappa shape index (κ1) is 19.8. The van der Waals surface area contributed by atoms with Crippen molar-refractivity contribution in [3.05, 3.63) is 59.7 Å². The molecule has 7 heteroatoms. The van der Waals surface area contributed by atoms with Crippen molar-refractivity contribution >= 4 is 21.6 Å². The molecule has 0 bridgehead atoms. The maximum Gasteiger partial charge on any atom is 0.251 e. The maximum atomic E-state index is 12.2. The Morgan fingerprint density at radius 3 is 2.50 bits per heavy atom. The quantitative estimate of drug-likeness (QED) is 0.659. The van der Waals surface area contributed by atoms with Crippen LogP contribution in [-0.4, -0.2) is 33.7 Å². The van der Waals surface area contributed by atoms with E-state index in [1.807, 2.05) is 31.2 Å². The van der Waals surface area contributed by atoms with Gasteiger partial charge in [-0.3, -0.25) is 9.52 Å². The first-order valence-electron chi connectivity index (χ1n) is 8.45. The van der Waals surface area contributed by atoms with E-state index in [4.69, 9.17) is 4.74 Å². The van der Waals surface area contributed by atoms with Crippen molar-refractivity contribution < 1.29 is 17.9 Å². The van der Waals surface area contributed by atoms with Crippen molar-refractivity contribution in [2.75, 3.05) is 24.1 Å². The molecule has 0 unspecified atom stereocenters. The lowest BCUT2D eigenvalue weighted by Crippen LogP contribution is -2.25. The van der Waals surface area contributed by atoms with E-state index in [9.17, 15) is 13.2 Å². The molecule has 0 spiro atoms. The lowest BCUT2D eigenvalue weighted by atomic mass is 10.1. The molecule has 26 heavy (non-hydrogen) atoms. The summed E-state index contributed by atoms with van der Waals surface area (Å²) in [6, 6.07) is 14.3. The third-order valence-electron chi connectivity index (χ3n) is 3.59. The molecule has 0 saturated carbocycles. The van der Waals surface area contributed by atoms with Crippen LogP contribution in [0.5, 0.6) is 5.75 Å². The molecular weight excluding hydrogens is 352 g/mol. The van der Waals surface area contributed by atoms with E-state index in [2.05, 4.69) is 10.0 Å². The summed E-state index contributed by atoms with van der Waals surface area (Å²) in [6.07, 6.45) is 2.73. The van der Waals surface area contributed by atoms with Crippen LogP contribution < -0.4 is 14.8 Å². The van der Waals surface area contributed by atoms with Crippen LogP contribution in [0.25, 0.3) is 0 Å². The summed E-state index contributed by atoms with van der Waals surface area (Å²) in [6.45, 7) is 3.13. The number of carbonyl (C=O) groups excluding carboxylic acids is 1. The Balaban J connectivity index is 1.80. The second-order valence-corrected chi connectivity index (χ2v) is 7.64. The molecule has 2 aromatic carbocycles. The highest BCUT2D eigenvalue weighted by Crippen LogP contribution is 2.14. The zero-order valence-corrected chi connectivity index (χ0v) is 15.8. The number of amides is 1. The van der Waals surface area contributed by atoms with Gasteiger partial charge in [0.25, 0.3) is 5.91 Å². The SMILES string of the molecule is CCOc1ccc(CCCNC(=O)c2cccc(NS(C)(=O)=O)c2)cc1. The first-order chi connectivity index (χ1) is 12.4. The fourth-order valence-electron chi connectivity index (χ4n) is 2.45. The fraction of sp³-hybridized carbons (Fsp3) is 0.316. The topological polar surface area (TPSA) is 84.5 Å². The van der Waals surface area contributed by atoms with Crippen LogP contribution in [0.1, 0.15) is 29.3 Å². The van der Waals surface area contributed by atoms with Crippen molar-refractivity contribution in [2.45, 2.75) is 19.8 Å². The molecule has 2 rings (SSSR count). The zero-order chi connectivity index (χ0) is 19.0. The van der Waals surface area contributed by atoms with Crippen LogP contribution in [0, 0.1) is 0 Å². The van der Waals surface area contributed by atoms with E-state index in [1.165, 1.54) is 11.6 Å². The van der Waals surface area contributed by atoms with Crippen LogP contribution >= 0.6 is 0 Å². The zero-order valence-electron chi connectivity index (χ0n) is 15.0. The van der Waals surface area contributed by atoms with E-state index >= 15 is 0 Å². The highest BCUT2D eigenvalue weighted by molar-refractivity contribution is 7.92. The lowest BCUT2D eigenvalue weighted by molar-refractivity contribution is 0.0953. The molecule has 2 aromatic rings. The minimum Gasteiger partial charge on any atom is -0.494 e. The van der Waals surface area contributed by atoms with Crippen molar-refractivity contribution in [3.63, 3.8) is 0 Å². The minimum absolute atomic E-state index is 0.228. The van der Waals surface area contributed by atoms with Gasteiger partial charge in [0, 0.05) is 17.8 Å². The Hall–Kier alpha value is -2.54. The van der Waals surface area contributed by atoms with Gasteiger partial charge >= 0.3 is 0 Å². The normalized spacial score (nSPS) is 11.0. The number of ether oxygens (including phenoxy) is 1. The Kier molecular flexibility index (Phi) is 7.03. The van der Waals surface area contributed by atoms with Gasteiger partial charge in [-0.05, 0) is 55.7 Å². The number of sulfonamides is 1. The molecule has 0 radical (unpaired) electrons. The molecule has 1 amide bonds. The number of hydrogen-bond donors (Lipinski definition) is 2. The van der Waals surface area contributed by atoms with Gasteiger partial charge in [0.1, 0.15) is 5.75 Å². The van der Waals surface area contributed by atoms with Gasteiger partial charge in [0.05, 0.1) is 12.9 Å². The largest absolute Gasteiger partial charge is 0.494 e. The maximum absolute atomic E-state index is 12.2. The predicted octanol–water partition coefficient (Wildman–Crippen LogP) is 2.82. The van der Waals surface area contributed by atoms with Crippen LogP contribution in [0.3, 0.4) is 0 Å². The number of aryl methyl sites for hydroxylation is 1. The molecule has 0 aliphatic carbocycles. The monoisotopic (exact) mass is 376 g/mol. The van der Waals surface area contributed by atoms with Crippen LogP contribution in [-0.2, 0) is 16.4 Å². The van der Waals surface area contributed by atoms with E-state index in [0.29, 0.717) is 24.4 Å². The van der Waals surface area contributed by atoms with Crippen LogP contribution in [0.4, 0.5) is 5.69 Å². The Labute approximate surface area is 154 Å². The van der Waals surface area contributed by atoms with E-state index in [-0.39, 0.29) is 5.91 Å². The molecular formula is C19H24N2O4S. The predicted molar refractivity (Wildman–Crippen MR) is 103 cm³/mol. The molecule has 0 saturated heterocycles. The summed E-state index contributed by atoms with van der Waals surface area (Å²) < 4.78 is 30.3. The Morgan fingerprint density at radius 1 is 1.12 bits per heavy atom. The summed E-state index contributed by atoms with van der Waals surface area (Å²) >= 11 is 0. The fourth-order valence-corrected chi connectivity index (χ4v) is 3.01. The summed E-state index contributed by atoms with van der Waals surface area (Å²) in [5.74, 6) is 0.626. The van der Waals surface area contributed by atoms with Crippen LogP contribution in [0.15, 0.2) is 48.5 Å². The number of hydrogen-bond acceptors (Lipinski definition) is 4. The summed E-state index contributed by atoms with van der Waals surface area (Å²) in [5, 5.41) is 2.85. The molecule has 0 heterocycles. The molecule has 0 atom stereocenters. The first-order valence-corrected chi connectivity index (χ1v) is 10.3. The molecule has 0 aromatic heterocycles. The van der Waals surface area contributed by atoms with E-state index < -0.39 is 10.0 Å². The second-order valence-electron chi connectivity index (χ2n) is 5.89. The van der Waals surface area contributed by atoms with Crippen molar-refractivity contribution in [2.24, 2.45) is 0 Å². The number of carbonyl (C=O) groups is 1. The molecule has 140 valence electrons. The van der Waals surface area contributed by atoms with Gasteiger partial charge in [-0.2, -0.15) is 0 Å². The smallest absolute Gasteiger partial charge is 0.251 e. The van der Waals surface area contributed by atoms with Gasteiger partial charge in [-0.25, -0.2) is 8.42 Å². The average Bonchev–Trinajstić information content (AvgIpc) is 2.59. The van der Waals surface area contributed by atoms with Crippen molar-refractivity contribution in [3.8, 4) is 5.75 Å². The molecule has 6 nitrogen and oxygen atoms in total. The highest BCUT2D eigenvalue weighted by Gasteiger charge is 2.08. The average molecular weight is 376 g/mol. The minimum atomic E-state index is -3.37. The Morgan fingerprint density at radius 2 is 1.85 bits per heavy atom. The Bertz CT molecular complexity index is 833. The third-order valence-corrected chi connectivity index (χ3v) is 4.20. The summed E-state index contributed by atoms with van der Waals surface area (Å²) in [5.41, 5.74) is 1.97. The molecule has 2 N–H and O–H groups in total. The number of nitrogens with one attached hydrogen (secondary N) is 2. The summed E-state index contributed by atoms with van der Waals surface area (Å²) in [4.78, 5) is 12.2. The van der Waals surface area contributed by atoms with Gasteiger partial charge in [-0.1, -0.05) is 18.2 Å². The standard InChI is InChI=1S/C19H24N2O4S/c1-3-25-18-11-9-15(10-12-18)6-5-13-20-19(22)16-7-4-8-17(14-16)21-26(2,23)24/h4,7-12,14,21H,3,5-6,13H2,1-2H3,(H,20,22). The third kappa shape index (κ3) is 6.76. The second kappa shape index (κ2) is 9.24. The van der Waals surface area contributed by atoms with E-state index in [0.717, 1.165) is 24.8 Å². The number of benzene rings is 2. The number of anilines is 1. The van der Waals surface area contributed by atoms with Gasteiger partial charge in [0.15, 0.2) is 0 Å². The molecule has 0 aliphatic rings. The number of rotatable bonds is 9. The summed E-state index contributed by atoms with van der Waals surface area (Å²) in [7, 11) is -3.37. The molecule has 0 fully saturated rings. The lowest BCUT2D eigenvalue weighted by Gasteiger charge is -2.08. The van der Waals surface area contributed by atoms with Gasteiger partial charge < -0.3 is 10.1 Å².